The van der Waals surface area contributed by atoms with Gasteiger partial charge in [-0.1, -0.05) is 29.4 Å². The van der Waals surface area contributed by atoms with Gasteiger partial charge in [0.25, 0.3) is 0 Å². The van der Waals surface area contributed by atoms with E-state index in [9.17, 15) is 18.0 Å². The molecule has 1 amide bonds. The first-order chi connectivity index (χ1) is 11.4. The van der Waals surface area contributed by atoms with Gasteiger partial charge in [-0.2, -0.15) is 18.2 Å². The van der Waals surface area contributed by atoms with E-state index in [0.717, 1.165) is 5.56 Å². The maximum absolute atomic E-state index is 12.4. The largest absolute Gasteiger partial charge is 0.471 e. The van der Waals surface area contributed by atoms with Gasteiger partial charge in [-0.25, -0.2) is 0 Å². The summed E-state index contributed by atoms with van der Waals surface area (Å²) in [6.07, 6.45) is -3.76. The Hall–Kier alpha value is -2.42. The van der Waals surface area contributed by atoms with Gasteiger partial charge < -0.3 is 14.6 Å². The van der Waals surface area contributed by atoms with Crippen molar-refractivity contribution >= 4 is 5.91 Å². The number of ether oxygens (including phenoxy) is 1. The average molecular weight is 343 g/mol. The number of carbonyl (C=O) groups excluding carboxylic acids is 1. The lowest BCUT2D eigenvalue weighted by atomic mass is 10.1. The van der Waals surface area contributed by atoms with Crippen LogP contribution in [0.4, 0.5) is 13.2 Å². The van der Waals surface area contributed by atoms with Gasteiger partial charge in [-0.15, -0.1) is 0 Å². The zero-order valence-corrected chi connectivity index (χ0v) is 12.9. The Morgan fingerprint density at radius 3 is 2.58 bits per heavy atom. The third-order valence-electron chi connectivity index (χ3n) is 3.15. The van der Waals surface area contributed by atoms with Crippen molar-refractivity contribution in [1.29, 1.82) is 0 Å². The summed E-state index contributed by atoms with van der Waals surface area (Å²) in [6, 6.07) is 6.68. The molecule has 9 heteroatoms. The van der Waals surface area contributed by atoms with Crippen LogP contribution in [-0.4, -0.2) is 36.3 Å². The predicted octanol–water partition coefficient (Wildman–Crippen LogP) is 2.45. The Morgan fingerprint density at radius 2 is 2.00 bits per heavy atom. The molecule has 0 bridgehead atoms. The number of nitrogens with zero attached hydrogens (tertiary/aromatic N) is 2. The number of benzene rings is 1. The highest BCUT2D eigenvalue weighted by Crippen LogP contribution is 2.29. The molecule has 1 N–H and O–H groups in total. The summed E-state index contributed by atoms with van der Waals surface area (Å²) >= 11 is 0. The van der Waals surface area contributed by atoms with Gasteiger partial charge in [0.15, 0.2) is 0 Å². The van der Waals surface area contributed by atoms with E-state index in [4.69, 9.17) is 4.74 Å². The SMILES string of the molecule is COCCC(=O)NCCc1ccc(-c2noc(C(F)(F)F)n2)cc1. The molecule has 130 valence electrons. The monoisotopic (exact) mass is 343 g/mol. The third kappa shape index (κ3) is 5.05. The van der Waals surface area contributed by atoms with Gasteiger partial charge in [-0.3, -0.25) is 4.79 Å². The number of carbonyl (C=O) groups is 1. The van der Waals surface area contributed by atoms with Crippen molar-refractivity contribution in [2.75, 3.05) is 20.3 Å². The first kappa shape index (κ1) is 17.9. The molecule has 0 atom stereocenters. The van der Waals surface area contributed by atoms with Crippen LogP contribution in [0.5, 0.6) is 0 Å². The summed E-state index contributed by atoms with van der Waals surface area (Å²) in [5.74, 6) is -1.60. The molecule has 0 radical (unpaired) electrons. The highest BCUT2D eigenvalue weighted by atomic mass is 19.4. The molecular formula is C15H16F3N3O3. The van der Waals surface area contributed by atoms with E-state index in [1.54, 1.807) is 24.3 Å². The summed E-state index contributed by atoms with van der Waals surface area (Å²) in [6.45, 7) is 0.827. The van der Waals surface area contributed by atoms with Gasteiger partial charge in [0.2, 0.25) is 11.7 Å². The van der Waals surface area contributed by atoms with Crippen molar-refractivity contribution < 1.29 is 27.2 Å². The number of alkyl halides is 3. The Kier molecular flexibility index (Phi) is 5.91. The van der Waals surface area contributed by atoms with Crippen LogP contribution in [0.3, 0.4) is 0 Å². The molecule has 6 nitrogen and oxygen atoms in total. The maximum atomic E-state index is 12.4. The second kappa shape index (κ2) is 7.91. The Morgan fingerprint density at radius 1 is 1.29 bits per heavy atom. The number of hydrogen-bond donors (Lipinski definition) is 1. The van der Waals surface area contributed by atoms with Gasteiger partial charge in [0.05, 0.1) is 6.61 Å². The van der Waals surface area contributed by atoms with E-state index in [-0.39, 0.29) is 11.7 Å². The number of nitrogens with one attached hydrogen (secondary N) is 1. The molecule has 2 rings (SSSR count). The Bertz CT molecular complexity index is 669. The van der Waals surface area contributed by atoms with E-state index in [2.05, 4.69) is 20.0 Å². The molecule has 2 aromatic rings. The molecule has 1 heterocycles. The lowest BCUT2D eigenvalue weighted by molar-refractivity contribution is -0.159. The minimum absolute atomic E-state index is 0.0973. The molecule has 24 heavy (non-hydrogen) atoms. The predicted molar refractivity (Wildman–Crippen MR) is 77.9 cm³/mol. The summed E-state index contributed by atoms with van der Waals surface area (Å²) in [7, 11) is 1.52. The van der Waals surface area contributed by atoms with Crippen molar-refractivity contribution in [3.8, 4) is 11.4 Å². The van der Waals surface area contributed by atoms with Gasteiger partial charge >= 0.3 is 12.1 Å². The molecule has 0 saturated carbocycles. The van der Waals surface area contributed by atoms with Gasteiger partial charge in [0, 0.05) is 25.6 Å². The minimum Gasteiger partial charge on any atom is -0.384 e. The van der Waals surface area contributed by atoms with E-state index in [0.29, 0.717) is 31.6 Å². The van der Waals surface area contributed by atoms with Crippen LogP contribution >= 0.6 is 0 Å². The van der Waals surface area contributed by atoms with Crippen LogP contribution < -0.4 is 5.32 Å². The second-order valence-corrected chi connectivity index (χ2v) is 4.96. The smallest absolute Gasteiger partial charge is 0.384 e. The fourth-order valence-electron chi connectivity index (χ4n) is 1.91. The first-order valence-electron chi connectivity index (χ1n) is 7.16. The van der Waals surface area contributed by atoms with Crippen LogP contribution in [0.1, 0.15) is 17.9 Å². The molecule has 0 fully saturated rings. The molecular weight excluding hydrogens is 327 g/mol. The highest BCUT2D eigenvalue weighted by Gasteiger charge is 2.38. The molecule has 0 unspecified atom stereocenters. The third-order valence-corrected chi connectivity index (χ3v) is 3.15. The Balaban J connectivity index is 1.89. The van der Waals surface area contributed by atoms with Crippen molar-refractivity contribution in [2.45, 2.75) is 19.0 Å². The normalized spacial score (nSPS) is 11.5. The molecule has 0 aliphatic carbocycles. The van der Waals surface area contributed by atoms with Gasteiger partial charge in [-0.05, 0) is 12.0 Å². The summed E-state index contributed by atoms with van der Waals surface area (Å²) in [4.78, 5) is 14.7. The van der Waals surface area contributed by atoms with Crippen molar-refractivity contribution in [3.63, 3.8) is 0 Å². The fraction of sp³-hybridized carbons (Fsp3) is 0.400. The summed E-state index contributed by atoms with van der Waals surface area (Å²) in [5.41, 5.74) is 1.34. The number of aromatic nitrogens is 2. The van der Waals surface area contributed by atoms with Crippen molar-refractivity contribution in [1.82, 2.24) is 15.5 Å². The van der Waals surface area contributed by atoms with Crippen LogP contribution in [0.25, 0.3) is 11.4 Å². The molecule has 1 aromatic carbocycles. The van der Waals surface area contributed by atoms with Crippen LogP contribution in [0.15, 0.2) is 28.8 Å². The number of methoxy groups -OCH3 is 1. The van der Waals surface area contributed by atoms with Crippen LogP contribution in [0, 0.1) is 0 Å². The summed E-state index contributed by atoms with van der Waals surface area (Å²) in [5, 5.41) is 6.07. The Labute approximate surface area is 136 Å². The topological polar surface area (TPSA) is 77.2 Å². The lowest BCUT2D eigenvalue weighted by Gasteiger charge is -2.05. The highest BCUT2D eigenvalue weighted by molar-refractivity contribution is 5.75. The molecule has 0 aliphatic heterocycles. The number of hydrogen-bond acceptors (Lipinski definition) is 5. The number of rotatable bonds is 7. The number of amides is 1. The standard InChI is InChI=1S/C15H16F3N3O3/c1-23-9-7-12(22)19-8-6-10-2-4-11(5-3-10)13-20-14(24-21-13)15(16,17)18/h2-5H,6-9H2,1H3,(H,19,22). The quantitative estimate of drug-likeness (QED) is 0.836. The van der Waals surface area contributed by atoms with E-state index < -0.39 is 12.1 Å². The van der Waals surface area contributed by atoms with E-state index in [1.165, 1.54) is 7.11 Å². The van der Waals surface area contributed by atoms with Crippen molar-refractivity contribution in [3.05, 3.63) is 35.7 Å². The van der Waals surface area contributed by atoms with Crippen LogP contribution in [0.2, 0.25) is 0 Å². The minimum atomic E-state index is -4.66. The van der Waals surface area contributed by atoms with Crippen LogP contribution in [-0.2, 0) is 22.1 Å². The second-order valence-electron chi connectivity index (χ2n) is 4.96. The van der Waals surface area contributed by atoms with Gasteiger partial charge in [0.1, 0.15) is 0 Å². The zero-order valence-electron chi connectivity index (χ0n) is 12.9. The van der Waals surface area contributed by atoms with Crippen molar-refractivity contribution in [2.24, 2.45) is 0 Å². The molecule has 0 saturated heterocycles. The zero-order chi connectivity index (χ0) is 17.6. The number of halogens is 3. The fourth-order valence-corrected chi connectivity index (χ4v) is 1.91. The lowest BCUT2D eigenvalue weighted by Crippen LogP contribution is -2.26. The maximum Gasteiger partial charge on any atom is 0.471 e. The summed E-state index contributed by atoms with van der Waals surface area (Å²) < 4.78 is 46.3. The molecule has 0 spiro atoms. The average Bonchev–Trinajstić information content (AvgIpc) is 3.04. The van der Waals surface area contributed by atoms with E-state index in [1.807, 2.05) is 0 Å². The first-order valence-corrected chi connectivity index (χ1v) is 7.16. The molecule has 0 aliphatic rings. The van der Waals surface area contributed by atoms with E-state index >= 15 is 0 Å². The molecule has 1 aromatic heterocycles.